The highest BCUT2D eigenvalue weighted by molar-refractivity contribution is 6.30. The minimum absolute atomic E-state index is 0.140. The summed E-state index contributed by atoms with van der Waals surface area (Å²) in [6.45, 7) is 4.17. The zero-order valence-corrected chi connectivity index (χ0v) is 13.3. The molecule has 1 heterocycles. The smallest absolute Gasteiger partial charge is 0.266 e. The number of hydrogen-bond donors (Lipinski definition) is 1. The van der Waals surface area contributed by atoms with Crippen molar-refractivity contribution in [1.29, 1.82) is 0 Å². The molecule has 1 aromatic rings. The maximum atomic E-state index is 12.6. The van der Waals surface area contributed by atoms with E-state index in [0.717, 1.165) is 0 Å². The predicted octanol–water partition coefficient (Wildman–Crippen LogP) is 1.21. The summed E-state index contributed by atoms with van der Waals surface area (Å²) in [6.07, 6.45) is -0.774. The Kier molecular flexibility index (Phi) is 4.93. The van der Waals surface area contributed by atoms with Crippen molar-refractivity contribution in [2.24, 2.45) is 5.73 Å². The largest absolute Gasteiger partial charge is 0.478 e. The van der Waals surface area contributed by atoms with Gasteiger partial charge in [-0.05, 0) is 38.1 Å². The van der Waals surface area contributed by atoms with Gasteiger partial charge < -0.3 is 20.1 Å². The number of nitrogens with zero attached hydrogens (tertiary/aromatic N) is 1. The van der Waals surface area contributed by atoms with Crippen molar-refractivity contribution in [3.8, 4) is 5.75 Å². The molecule has 120 valence electrons. The highest BCUT2D eigenvalue weighted by Gasteiger charge is 2.37. The summed E-state index contributed by atoms with van der Waals surface area (Å²) in [5.41, 5.74) is 4.15. The molecular weight excluding hydrogens is 308 g/mol. The van der Waals surface area contributed by atoms with Crippen LogP contribution in [0.15, 0.2) is 24.3 Å². The highest BCUT2D eigenvalue weighted by atomic mass is 35.5. The summed E-state index contributed by atoms with van der Waals surface area (Å²) < 4.78 is 11.0. The van der Waals surface area contributed by atoms with E-state index in [1.165, 1.54) is 4.90 Å². The third-order valence-corrected chi connectivity index (χ3v) is 3.62. The van der Waals surface area contributed by atoms with Crippen LogP contribution >= 0.6 is 11.6 Å². The molecular formula is C15H19ClN2O4. The molecule has 1 atom stereocenters. The van der Waals surface area contributed by atoms with Gasteiger partial charge in [-0.25, -0.2) is 0 Å². The summed E-state index contributed by atoms with van der Waals surface area (Å²) in [5.74, 6) is -0.256. The SMILES string of the molecule is CC(C)(Oc1ccc(Cl)cc1)C(=O)N1CCO[C@@H](C(N)=O)C1. The minimum atomic E-state index is -1.08. The molecule has 7 heteroatoms. The second-order valence-corrected chi connectivity index (χ2v) is 6.02. The van der Waals surface area contributed by atoms with Crippen LogP contribution in [0.5, 0.6) is 5.75 Å². The third-order valence-electron chi connectivity index (χ3n) is 3.37. The molecule has 2 amide bonds. The predicted molar refractivity (Wildman–Crippen MR) is 81.7 cm³/mol. The zero-order valence-electron chi connectivity index (χ0n) is 12.5. The van der Waals surface area contributed by atoms with Crippen molar-refractivity contribution in [1.82, 2.24) is 4.90 Å². The van der Waals surface area contributed by atoms with Gasteiger partial charge in [-0.3, -0.25) is 9.59 Å². The number of amides is 2. The van der Waals surface area contributed by atoms with Gasteiger partial charge in [-0.2, -0.15) is 0 Å². The van der Waals surface area contributed by atoms with Gasteiger partial charge in [0.15, 0.2) is 11.7 Å². The average molecular weight is 327 g/mol. The summed E-state index contributed by atoms with van der Waals surface area (Å²) in [7, 11) is 0. The monoisotopic (exact) mass is 326 g/mol. The second kappa shape index (κ2) is 6.54. The number of morpholine rings is 1. The van der Waals surface area contributed by atoms with Gasteiger partial charge in [-0.15, -0.1) is 0 Å². The number of nitrogens with two attached hydrogens (primary N) is 1. The Hall–Kier alpha value is -1.79. The molecule has 0 spiro atoms. The lowest BCUT2D eigenvalue weighted by molar-refractivity contribution is -0.155. The molecule has 0 unspecified atom stereocenters. The lowest BCUT2D eigenvalue weighted by Crippen LogP contribution is -2.56. The first-order valence-electron chi connectivity index (χ1n) is 6.94. The summed E-state index contributed by atoms with van der Waals surface area (Å²) >= 11 is 5.82. The molecule has 1 fully saturated rings. The second-order valence-electron chi connectivity index (χ2n) is 5.58. The van der Waals surface area contributed by atoms with Gasteiger partial charge in [-0.1, -0.05) is 11.6 Å². The standard InChI is InChI=1S/C15H19ClN2O4/c1-15(2,22-11-5-3-10(16)4-6-11)14(20)18-7-8-21-12(9-18)13(17)19/h3-6,12H,7-9H2,1-2H3,(H2,17,19)/t12-/m1/s1. The molecule has 2 rings (SSSR count). The number of ether oxygens (including phenoxy) is 2. The average Bonchev–Trinajstić information content (AvgIpc) is 2.48. The van der Waals surface area contributed by atoms with Gasteiger partial charge in [0, 0.05) is 11.6 Å². The van der Waals surface area contributed by atoms with Crippen molar-refractivity contribution in [2.75, 3.05) is 19.7 Å². The number of halogens is 1. The molecule has 1 aliphatic rings. The van der Waals surface area contributed by atoms with Crippen molar-refractivity contribution < 1.29 is 19.1 Å². The molecule has 0 saturated carbocycles. The Labute approximate surface area is 134 Å². The van der Waals surface area contributed by atoms with Gasteiger partial charge >= 0.3 is 0 Å². The third kappa shape index (κ3) is 3.90. The first kappa shape index (κ1) is 16.6. The topological polar surface area (TPSA) is 81.9 Å². The van der Waals surface area contributed by atoms with E-state index in [2.05, 4.69) is 0 Å². The Morgan fingerprint density at radius 3 is 2.59 bits per heavy atom. The van der Waals surface area contributed by atoms with Crippen molar-refractivity contribution >= 4 is 23.4 Å². The van der Waals surface area contributed by atoms with Crippen LogP contribution in [-0.4, -0.2) is 48.1 Å². The van der Waals surface area contributed by atoms with Gasteiger partial charge in [0.25, 0.3) is 5.91 Å². The fourth-order valence-electron chi connectivity index (χ4n) is 2.23. The van der Waals surface area contributed by atoms with E-state index in [1.54, 1.807) is 38.1 Å². The molecule has 6 nitrogen and oxygen atoms in total. The number of carbonyl (C=O) groups is 2. The van der Waals surface area contributed by atoms with E-state index in [4.69, 9.17) is 26.8 Å². The van der Waals surface area contributed by atoms with Crippen LogP contribution in [0, 0.1) is 0 Å². The first-order chi connectivity index (χ1) is 10.3. The minimum Gasteiger partial charge on any atom is -0.478 e. The van der Waals surface area contributed by atoms with Crippen LogP contribution in [0.25, 0.3) is 0 Å². The number of benzene rings is 1. The van der Waals surface area contributed by atoms with E-state index < -0.39 is 17.6 Å². The molecule has 1 aliphatic heterocycles. The summed E-state index contributed by atoms with van der Waals surface area (Å²) in [6, 6.07) is 6.77. The van der Waals surface area contributed by atoms with E-state index >= 15 is 0 Å². The zero-order chi connectivity index (χ0) is 16.3. The Bertz CT molecular complexity index is 559. The van der Waals surface area contributed by atoms with Crippen LogP contribution in [0.3, 0.4) is 0 Å². The fourth-order valence-corrected chi connectivity index (χ4v) is 2.35. The van der Waals surface area contributed by atoms with Crippen LogP contribution in [-0.2, 0) is 14.3 Å². The van der Waals surface area contributed by atoms with Crippen molar-refractivity contribution in [2.45, 2.75) is 25.6 Å². The Morgan fingerprint density at radius 2 is 2.00 bits per heavy atom. The molecule has 22 heavy (non-hydrogen) atoms. The summed E-state index contributed by atoms with van der Waals surface area (Å²) in [5, 5.41) is 0.592. The van der Waals surface area contributed by atoms with Gasteiger partial charge in [0.05, 0.1) is 13.2 Å². The van der Waals surface area contributed by atoms with Crippen molar-refractivity contribution in [3.63, 3.8) is 0 Å². The Balaban J connectivity index is 2.06. The quantitative estimate of drug-likeness (QED) is 0.901. The van der Waals surface area contributed by atoms with E-state index in [-0.39, 0.29) is 19.1 Å². The summed E-state index contributed by atoms with van der Waals surface area (Å²) in [4.78, 5) is 25.4. The Morgan fingerprint density at radius 1 is 1.36 bits per heavy atom. The van der Waals surface area contributed by atoms with Crippen LogP contribution in [0.2, 0.25) is 5.02 Å². The number of rotatable bonds is 4. The lowest BCUT2D eigenvalue weighted by atomic mass is 10.1. The van der Waals surface area contributed by atoms with Gasteiger partial charge in [0.1, 0.15) is 5.75 Å². The molecule has 0 radical (unpaired) electrons. The number of carbonyl (C=O) groups excluding carboxylic acids is 2. The molecule has 1 saturated heterocycles. The van der Waals surface area contributed by atoms with E-state index in [0.29, 0.717) is 17.3 Å². The fraction of sp³-hybridized carbons (Fsp3) is 0.467. The molecule has 0 bridgehead atoms. The maximum absolute atomic E-state index is 12.6. The maximum Gasteiger partial charge on any atom is 0.266 e. The van der Waals surface area contributed by atoms with Crippen LogP contribution in [0.1, 0.15) is 13.8 Å². The number of hydrogen-bond acceptors (Lipinski definition) is 4. The number of primary amides is 1. The van der Waals surface area contributed by atoms with Crippen molar-refractivity contribution in [3.05, 3.63) is 29.3 Å². The lowest BCUT2D eigenvalue weighted by Gasteiger charge is -2.36. The van der Waals surface area contributed by atoms with E-state index in [1.807, 2.05) is 0 Å². The van der Waals surface area contributed by atoms with E-state index in [9.17, 15) is 9.59 Å². The van der Waals surface area contributed by atoms with Crippen LogP contribution < -0.4 is 10.5 Å². The molecule has 2 N–H and O–H groups in total. The molecule has 1 aromatic carbocycles. The first-order valence-corrected chi connectivity index (χ1v) is 7.32. The van der Waals surface area contributed by atoms with Crippen LogP contribution in [0.4, 0.5) is 0 Å². The normalized spacial score (nSPS) is 18.9. The highest BCUT2D eigenvalue weighted by Crippen LogP contribution is 2.23. The van der Waals surface area contributed by atoms with Gasteiger partial charge in [0.2, 0.25) is 5.91 Å². The molecule has 0 aliphatic carbocycles. The molecule has 0 aromatic heterocycles.